The van der Waals surface area contributed by atoms with Gasteiger partial charge in [-0.2, -0.15) is 4.31 Å². The molecule has 9 heteroatoms. The van der Waals surface area contributed by atoms with Crippen molar-refractivity contribution in [1.29, 1.82) is 0 Å². The third kappa shape index (κ3) is 3.38. The van der Waals surface area contributed by atoms with Crippen LogP contribution in [0.1, 0.15) is 10.4 Å². The van der Waals surface area contributed by atoms with Crippen molar-refractivity contribution in [2.75, 3.05) is 33.3 Å². The van der Waals surface area contributed by atoms with E-state index in [1.165, 1.54) is 17.5 Å². The van der Waals surface area contributed by atoms with Crippen molar-refractivity contribution in [2.45, 2.75) is 4.90 Å². The first-order chi connectivity index (χ1) is 11.9. The molecule has 0 atom stereocenters. The van der Waals surface area contributed by atoms with E-state index in [1.807, 2.05) is 0 Å². The number of ether oxygens (including phenoxy) is 1. The van der Waals surface area contributed by atoms with E-state index in [2.05, 4.69) is 4.98 Å². The van der Waals surface area contributed by atoms with Gasteiger partial charge in [-0.3, -0.25) is 4.79 Å². The number of hydrogen-bond acceptors (Lipinski definition) is 4. The Labute approximate surface area is 145 Å². The summed E-state index contributed by atoms with van der Waals surface area (Å²) in [5, 5.41) is 0. The first kappa shape index (κ1) is 17.4. The van der Waals surface area contributed by atoms with Crippen LogP contribution in [-0.2, 0) is 10.0 Å². The van der Waals surface area contributed by atoms with Crippen LogP contribution in [0.3, 0.4) is 0 Å². The fraction of sp³-hybridized carbons (Fsp3) is 0.312. The number of carbonyl (C=O) groups excluding carboxylic acids is 1. The minimum Gasteiger partial charge on any atom is -0.495 e. The number of H-pyrrole nitrogens is 1. The average molecular weight is 367 g/mol. The summed E-state index contributed by atoms with van der Waals surface area (Å²) in [6.07, 6.45) is 3.26. The minimum absolute atomic E-state index is 0.0900. The van der Waals surface area contributed by atoms with Crippen LogP contribution in [0.4, 0.5) is 4.39 Å². The number of hydrogen-bond donors (Lipinski definition) is 1. The van der Waals surface area contributed by atoms with E-state index in [9.17, 15) is 17.6 Å². The molecule has 2 heterocycles. The normalized spacial score (nSPS) is 16.0. The largest absolute Gasteiger partial charge is 0.495 e. The van der Waals surface area contributed by atoms with Crippen LogP contribution in [0.5, 0.6) is 5.75 Å². The number of methoxy groups -OCH3 is 1. The first-order valence-corrected chi connectivity index (χ1v) is 9.13. The standard InChI is InChI=1S/C16H18FN3O4S/c1-24-14-3-2-13(17)10-15(14)25(22,23)20-8-6-19(7-9-20)16(21)12-4-5-18-11-12/h2-5,10-11,18H,6-9H2,1H3. The molecule has 1 N–H and O–H groups in total. The number of piperazine rings is 1. The Balaban J connectivity index is 1.76. The number of benzene rings is 1. The second-order valence-electron chi connectivity index (χ2n) is 5.59. The Morgan fingerprint density at radius 1 is 1.20 bits per heavy atom. The Hall–Kier alpha value is -2.39. The van der Waals surface area contributed by atoms with Gasteiger partial charge in [0.15, 0.2) is 0 Å². The molecule has 1 saturated heterocycles. The van der Waals surface area contributed by atoms with E-state index >= 15 is 0 Å². The second-order valence-corrected chi connectivity index (χ2v) is 7.50. The number of nitrogens with zero attached hydrogens (tertiary/aromatic N) is 2. The molecule has 1 aromatic carbocycles. The van der Waals surface area contributed by atoms with Crippen LogP contribution in [-0.4, -0.2) is 61.8 Å². The van der Waals surface area contributed by atoms with Gasteiger partial charge in [-0.15, -0.1) is 0 Å². The Bertz CT molecular complexity index is 860. The quantitative estimate of drug-likeness (QED) is 0.883. The molecule has 1 fully saturated rings. The Morgan fingerprint density at radius 3 is 2.52 bits per heavy atom. The van der Waals surface area contributed by atoms with Gasteiger partial charge in [0.1, 0.15) is 16.5 Å². The molecule has 3 rings (SSSR count). The SMILES string of the molecule is COc1ccc(F)cc1S(=O)(=O)N1CCN(C(=O)c2cc[nH]c2)CC1. The van der Waals surface area contributed by atoms with Gasteiger partial charge in [0.25, 0.3) is 5.91 Å². The van der Waals surface area contributed by atoms with Crippen molar-refractivity contribution in [2.24, 2.45) is 0 Å². The summed E-state index contributed by atoms with van der Waals surface area (Å²) in [6, 6.07) is 5.05. The summed E-state index contributed by atoms with van der Waals surface area (Å²) in [5.41, 5.74) is 0.531. The molecule has 1 amide bonds. The van der Waals surface area contributed by atoms with Crippen LogP contribution >= 0.6 is 0 Å². The highest BCUT2D eigenvalue weighted by Gasteiger charge is 2.32. The number of carbonyl (C=O) groups is 1. The number of rotatable bonds is 4. The highest BCUT2D eigenvalue weighted by molar-refractivity contribution is 7.89. The lowest BCUT2D eigenvalue weighted by molar-refractivity contribution is 0.0698. The molecule has 1 aliphatic heterocycles. The molecule has 0 saturated carbocycles. The molecule has 0 aliphatic carbocycles. The highest BCUT2D eigenvalue weighted by Crippen LogP contribution is 2.28. The molecule has 0 radical (unpaired) electrons. The van der Waals surface area contributed by atoms with E-state index in [1.54, 1.807) is 23.4 Å². The van der Waals surface area contributed by atoms with E-state index < -0.39 is 15.8 Å². The average Bonchev–Trinajstić information content (AvgIpc) is 3.16. The molecular weight excluding hydrogens is 349 g/mol. The van der Waals surface area contributed by atoms with Crippen LogP contribution < -0.4 is 4.74 Å². The molecular formula is C16H18FN3O4S. The van der Waals surface area contributed by atoms with Crippen molar-refractivity contribution >= 4 is 15.9 Å². The van der Waals surface area contributed by atoms with Crippen LogP contribution in [0.2, 0.25) is 0 Å². The lowest BCUT2D eigenvalue weighted by Gasteiger charge is -2.34. The van der Waals surface area contributed by atoms with Crippen molar-refractivity contribution in [3.8, 4) is 5.75 Å². The number of amides is 1. The van der Waals surface area contributed by atoms with Gasteiger partial charge in [0.2, 0.25) is 10.0 Å². The van der Waals surface area contributed by atoms with Crippen LogP contribution in [0.25, 0.3) is 0 Å². The number of halogens is 1. The molecule has 25 heavy (non-hydrogen) atoms. The lowest BCUT2D eigenvalue weighted by Crippen LogP contribution is -2.50. The van der Waals surface area contributed by atoms with Gasteiger partial charge >= 0.3 is 0 Å². The van der Waals surface area contributed by atoms with Gasteiger partial charge in [0, 0.05) is 38.6 Å². The Morgan fingerprint density at radius 2 is 1.92 bits per heavy atom. The van der Waals surface area contributed by atoms with Gasteiger partial charge < -0.3 is 14.6 Å². The van der Waals surface area contributed by atoms with Gasteiger partial charge in [-0.25, -0.2) is 12.8 Å². The van der Waals surface area contributed by atoms with Crippen molar-refractivity contribution < 1.29 is 22.3 Å². The van der Waals surface area contributed by atoms with Gasteiger partial charge in [-0.1, -0.05) is 0 Å². The zero-order valence-corrected chi connectivity index (χ0v) is 14.4. The molecule has 0 spiro atoms. The summed E-state index contributed by atoms with van der Waals surface area (Å²) >= 11 is 0. The number of sulfonamides is 1. The number of nitrogens with one attached hydrogen (secondary N) is 1. The predicted molar refractivity (Wildman–Crippen MR) is 88.4 cm³/mol. The highest BCUT2D eigenvalue weighted by atomic mass is 32.2. The maximum absolute atomic E-state index is 13.5. The number of aromatic amines is 1. The molecule has 1 aromatic heterocycles. The topological polar surface area (TPSA) is 82.7 Å². The molecule has 2 aromatic rings. The van der Waals surface area contributed by atoms with E-state index in [0.717, 1.165) is 12.1 Å². The summed E-state index contributed by atoms with van der Waals surface area (Å²) in [5.74, 6) is -0.713. The summed E-state index contributed by atoms with van der Waals surface area (Å²) in [6.45, 7) is 0.804. The molecule has 0 bridgehead atoms. The van der Waals surface area contributed by atoms with Crippen molar-refractivity contribution in [3.63, 3.8) is 0 Å². The van der Waals surface area contributed by atoms with Crippen molar-refractivity contribution in [1.82, 2.24) is 14.2 Å². The zero-order valence-electron chi connectivity index (χ0n) is 13.6. The molecule has 134 valence electrons. The number of aromatic nitrogens is 1. The minimum atomic E-state index is -3.91. The smallest absolute Gasteiger partial charge is 0.255 e. The summed E-state index contributed by atoms with van der Waals surface area (Å²) < 4.78 is 45.4. The Kier molecular flexibility index (Phi) is 4.78. The van der Waals surface area contributed by atoms with Gasteiger partial charge in [0.05, 0.1) is 12.7 Å². The zero-order chi connectivity index (χ0) is 18.0. The summed E-state index contributed by atoms with van der Waals surface area (Å²) in [7, 11) is -2.57. The van der Waals surface area contributed by atoms with Crippen LogP contribution in [0.15, 0.2) is 41.6 Å². The summed E-state index contributed by atoms with van der Waals surface area (Å²) in [4.78, 5) is 16.5. The van der Waals surface area contributed by atoms with Gasteiger partial charge in [-0.05, 0) is 24.3 Å². The fourth-order valence-electron chi connectivity index (χ4n) is 2.76. The van der Waals surface area contributed by atoms with Crippen molar-refractivity contribution in [3.05, 3.63) is 48.0 Å². The maximum Gasteiger partial charge on any atom is 0.255 e. The first-order valence-electron chi connectivity index (χ1n) is 7.69. The lowest BCUT2D eigenvalue weighted by atomic mass is 10.2. The van der Waals surface area contributed by atoms with Crippen LogP contribution in [0, 0.1) is 5.82 Å². The fourth-order valence-corrected chi connectivity index (χ4v) is 4.35. The third-order valence-corrected chi connectivity index (χ3v) is 6.03. The van der Waals surface area contributed by atoms with E-state index in [-0.39, 0.29) is 42.7 Å². The molecule has 0 unspecified atom stereocenters. The predicted octanol–water partition coefficient (Wildman–Crippen LogP) is 1.31. The molecule has 1 aliphatic rings. The second kappa shape index (κ2) is 6.85. The molecule has 7 nitrogen and oxygen atoms in total. The third-order valence-electron chi connectivity index (χ3n) is 4.11. The van der Waals surface area contributed by atoms with E-state index in [4.69, 9.17) is 4.74 Å². The van der Waals surface area contributed by atoms with E-state index in [0.29, 0.717) is 5.56 Å². The monoisotopic (exact) mass is 367 g/mol. The maximum atomic E-state index is 13.5.